The van der Waals surface area contributed by atoms with Gasteiger partial charge < -0.3 is 4.18 Å². The highest BCUT2D eigenvalue weighted by atomic mass is 32.3. The van der Waals surface area contributed by atoms with E-state index in [4.69, 9.17) is 4.18 Å². The SMILES string of the molecule is C=CC(S(=O)(=O)OC=Cc1ccccc1)S(=O)(=O)OCCCC. The van der Waals surface area contributed by atoms with Gasteiger partial charge in [-0.25, -0.2) is 0 Å². The van der Waals surface area contributed by atoms with Gasteiger partial charge in [0, 0.05) is 0 Å². The third-order valence-corrected chi connectivity index (χ3v) is 6.57. The molecule has 1 aromatic rings. The van der Waals surface area contributed by atoms with Gasteiger partial charge in [-0.15, -0.1) is 6.58 Å². The van der Waals surface area contributed by atoms with Crippen molar-refractivity contribution in [2.45, 2.75) is 24.3 Å². The van der Waals surface area contributed by atoms with Gasteiger partial charge in [0.15, 0.2) is 0 Å². The van der Waals surface area contributed by atoms with E-state index in [-0.39, 0.29) is 6.61 Å². The Hall–Kier alpha value is -1.64. The van der Waals surface area contributed by atoms with Crippen molar-refractivity contribution < 1.29 is 25.2 Å². The van der Waals surface area contributed by atoms with Gasteiger partial charge in [0.2, 0.25) is 4.58 Å². The highest BCUT2D eigenvalue weighted by Gasteiger charge is 2.37. The van der Waals surface area contributed by atoms with Crippen LogP contribution in [0, 0.1) is 0 Å². The van der Waals surface area contributed by atoms with Crippen molar-refractivity contribution in [1.82, 2.24) is 0 Å². The van der Waals surface area contributed by atoms with E-state index in [1.165, 1.54) is 6.08 Å². The van der Waals surface area contributed by atoms with Gasteiger partial charge in [-0.05, 0) is 18.1 Å². The van der Waals surface area contributed by atoms with Gasteiger partial charge in [-0.3, -0.25) is 4.18 Å². The minimum atomic E-state index is -4.46. The molecule has 1 unspecified atom stereocenters. The smallest absolute Gasteiger partial charge is 0.332 e. The maximum absolute atomic E-state index is 12.0. The predicted molar refractivity (Wildman–Crippen MR) is 89.2 cm³/mol. The van der Waals surface area contributed by atoms with Crippen molar-refractivity contribution in [3.63, 3.8) is 0 Å². The normalized spacial score (nSPS) is 13.8. The lowest BCUT2D eigenvalue weighted by Crippen LogP contribution is -2.30. The van der Waals surface area contributed by atoms with Gasteiger partial charge in [-0.1, -0.05) is 49.8 Å². The molecule has 0 aliphatic rings. The molecule has 0 amide bonds. The Labute approximate surface area is 137 Å². The third-order valence-electron chi connectivity index (χ3n) is 2.76. The number of benzene rings is 1. The van der Waals surface area contributed by atoms with Crippen molar-refractivity contribution in [2.75, 3.05) is 6.61 Å². The zero-order valence-corrected chi connectivity index (χ0v) is 14.4. The molecule has 0 aliphatic heterocycles. The first-order chi connectivity index (χ1) is 10.8. The lowest BCUT2D eigenvalue weighted by atomic mass is 10.2. The summed E-state index contributed by atoms with van der Waals surface area (Å²) in [6.45, 7) is 5.02. The Morgan fingerprint density at radius 2 is 1.78 bits per heavy atom. The molecule has 1 rings (SSSR count). The summed E-state index contributed by atoms with van der Waals surface area (Å²) in [6, 6.07) is 8.83. The van der Waals surface area contributed by atoms with Crippen LogP contribution in [0.4, 0.5) is 0 Å². The second-order valence-corrected chi connectivity index (χ2v) is 8.29. The van der Waals surface area contributed by atoms with Crippen LogP contribution in [0.5, 0.6) is 0 Å². The lowest BCUT2D eigenvalue weighted by molar-refractivity contribution is 0.309. The standard InChI is InChI=1S/C15H20O6S2/c1-3-5-12-20-22(16,17)15(4-2)23(18,19)21-13-11-14-9-7-6-8-10-14/h4,6-11,13,15H,2-3,5,12H2,1H3. The highest BCUT2D eigenvalue weighted by Crippen LogP contribution is 2.16. The van der Waals surface area contributed by atoms with E-state index in [0.717, 1.165) is 18.8 Å². The topological polar surface area (TPSA) is 86.7 Å². The maximum atomic E-state index is 12.0. The monoisotopic (exact) mass is 360 g/mol. The lowest BCUT2D eigenvalue weighted by Gasteiger charge is -2.13. The quantitative estimate of drug-likeness (QED) is 0.276. The summed E-state index contributed by atoms with van der Waals surface area (Å²) in [4.78, 5) is 0. The van der Waals surface area contributed by atoms with E-state index in [0.29, 0.717) is 12.0 Å². The second kappa shape index (κ2) is 8.85. The fourth-order valence-corrected chi connectivity index (χ4v) is 4.30. The number of rotatable bonds is 10. The van der Waals surface area contributed by atoms with Crippen LogP contribution in [0.1, 0.15) is 25.3 Å². The zero-order chi connectivity index (χ0) is 17.3. The molecule has 23 heavy (non-hydrogen) atoms. The molecular formula is C15H20O6S2. The molecule has 0 bridgehead atoms. The molecule has 0 aliphatic carbocycles. The summed E-state index contributed by atoms with van der Waals surface area (Å²) in [5.41, 5.74) is 0.708. The van der Waals surface area contributed by atoms with Crippen LogP contribution >= 0.6 is 0 Å². The average molecular weight is 360 g/mol. The summed E-state index contributed by atoms with van der Waals surface area (Å²) in [5.74, 6) is 0. The molecule has 6 nitrogen and oxygen atoms in total. The average Bonchev–Trinajstić information content (AvgIpc) is 2.48. The Kier molecular flexibility index (Phi) is 7.47. The Morgan fingerprint density at radius 3 is 2.35 bits per heavy atom. The largest absolute Gasteiger partial charge is 0.389 e. The first-order valence-corrected chi connectivity index (χ1v) is 9.92. The van der Waals surface area contributed by atoms with Gasteiger partial charge in [0.25, 0.3) is 10.1 Å². The molecule has 1 atom stereocenters. The van der Waals surface area contributed by atoms with E-state index in [1.54, 1.807) is 24.3 Å². The number of unbranched alkanes of at least 4 members (excludes halogenated alkanes) is 1. The molecule has 128 valence electrons. The minimum absolute atomic E-state index is 0.0848. The first kappa shape index (κ1) is 19.4. The van der Waals surface area contributed by atoms with Gasteiger partial charge in [0.05, 0.1) is 6.61 Å². The van der Waals surface area contributed by atoms with Gasteiger partial charge in [-0.2, -0.15) is 16.8 Å². The van der Waals surface area contributed by atoms with E-state index in [2.05, 4.69) is 10.8 Å². The maximum Gasteiger partial charge on any atom is 0.332 e. The van der Waals surface area contributed by atoms with E-state index in [1.807, 2.05) is 13.0 Å². The molecular weight excluding hydrogens is 340 g/mol. The van der Waals surface area contributed by atoms with Gasteiger partial charge in [0.1, 0.15) is 6.26 Å². The van der Waals surface area contributed by atoms with Crippen LogP contribution in [0.25, 0.3) is 6.08 Å². The Morgan fingerprint density at radius 1 is 1.13 bits per heavy atom. The third kappa shape index (κ3) is 6.17. The van der Waals surface area contributed by atoms with Gasteiger partial charge >= 0.3 is 10.1 Å². The molecule has 0 saturated heterocycles. The zero-order valence-electron chi connectivity index (χ0n) is 12.8. The van der Waals surface area contributed by atoms with Crippen LogP contribution in [0.15, 0.2) is 49.2 Å². The first-order valence-electron chi connectivity index (χ1n) is 6.98. The molecule has 0 heterocycles. The van der Waals surface area contributed by atoms with Crippen molar-refractivity contribution >= 4 is 26.3 Å². The molecule has 8 heteroatoms. The Bertz CT molecular complexity index is 720. The van der Waals surface area contributed by atoms with Crippen LogP contribution in [0.2, 0.25) is 0 Å². The second-order valence-electron chi connectivity index (χ2n) is 4.57. The fraction of sp³-hybridized carbons (Fsp3) is 0.333. The van der Waals surface area contributed by atoms with E-state index >= 15 is 0 Å². The summed E-state index contributed by atoms with van der Waals surface area (Å²) in [7, 11) is -8.82. The fourth-order valence-electron chi connectivity index (χ4n) is 1.57. The predicted octanol–water partition coefficient (Wildman–Crippen LogP) is 2.66. The van der Waals surface area contributed by atoms with Crippen molar-refractivity contribution in [3.8, 4) is 0 Å². The summed E-state index contributed by atoms with van der Waals surface area (Å²) in [6.07, 6.45) is 4.31. The summed E-state index contributed by atoms with van der Waals surface area (Å²) >= 11 is 0. The molecule has 0 radical (unpaired) electrons. The van der Waals surface area contributed by atoms with Crippen molar-refractivity contribution in [2.24, 2.45) is 0 Å². The van der Waals surface area contributed by atoms with Crippen molar-refractivity contribution in [3.05, 3.63) is 54.8 Å². The Balaban J connectivity index is 2.83. The minimum Gasteiger partial charge on any atom is -0.389 e. The summed E-state index contributed by atoms with van der Waals surface area (Å²) < 4.78 is 55.3. The molecule has 0 N–H and O–H groups in total. The van der Waals surface area contributed by atoms with Crippen LogP contribution < -0.4 is 0 Å². The van der Waals surface area contributed by atoms with Crippen molar-refractivity contribution in [1.29, 1.82) is 0 Å². The van der Waals surface area contributed by atoms with E-state index in [9.17, 15) is 16.8 Å². The highest BCUT2D eigenvalue weighted by molar-refractivity contribution is 8.05. The number of hydrogen-bond acceptors (Lipinski definition) is 6. The molecule has 0 aromatic heterocycles. The van der Waals surface area contributed by atoms with E-state index < -0.39 is 24.8 Å². The molecule has 0 saturated carbocycles. The van der Waals surface area contributed by atoms with Crippen LogP contribution in [-0.2, 0) is 28.6 Å². The molecule has 0 spiro atoms. The molecule has 1 aromatic carbocycles. The van der Waals surface area contributed by atoms with Crippen LogP contribution in [-0.4, -0.2) is 28.0 Å². The number of hydrogen-bond donors (Lipinski definition) is 0. The molecule has 0 fully saturated rings. The van der Waals surface area contributed by atoms with Crippen LogP contribution in [0.3, 0.4) is 0 Å². The summed E-state index contributed by atoms with van der Waals surface area (Å²) in [5, 5.41) is 0.